The lowest BCUT2D eigenvalue weighted by atomic mass is 10.0. The molecule has 1 saturated heterocycles. The summed E-state index contributed by atoms with van der Waals surface area (Å²) in [6, 6.07) is 3.34. The first-order valence-electron chi connectivity index (χ1n) is 10.3. The maximum absolute atomic E-state index is 14.8. The number of anilines is 1. The van der Waals surface area contributed by atoms with Gasteiger partial charge in [0.25, 0.3) is 5.82 Å². The molecule has 4 rings (SSSR count). The molecule has 1 aliphatic heterocycles. The van der Waals surface area contributed by atoms with Crippen molar-refractivity contribution in [1.82, 2.24) is 24.3 Å². The number of alkyl halides is 3. The van der Waals surface area contributed by atoms with Crippen LogP contribution in [0.25, 0.3) is 16.9 Å². The SMILES string of the molecule is Cc1c(F)cc(S(=O)(=O)N[C@H]2CC[C@H](CC#N)OC2)cc1-c1cnc2c(N)nc(C(F)(F)F)nn12. The topological polar surface area (TPSA) is 148 Å². The molecule has 35 heavy (non-hydrogen) atoms. The molecule has 0 aliphatic carbocycles. The molecule has 1 aromatic carbocycles. The average Bonchev–Trinajstić information content (AvgIpc) is 3.21. The third kappa shape index (κ3) is 4.90. The predicted molar refractivity (Wildman–Crippen MR) is 114 cm³/mol. The maximum Gasteiger partial charge on any atom is 0.453 e. The van der Waals surface area contributed by atoms with E-state index in [2.05, 4.69) is 19.8 Å². The number of benzene rings is 1. The minimum absolute atomic E-state index is 0.0307. The van der Waals surface area contributed by atoms with Gasteiger partial charge in [-0.1, -0.05) is 0 Å². The summed E-state index contributed by atoms with van der Waals surface area (Å²) in [5.41, 5.74) is 5.22. The molecule has 0 saturated carbocycles. The zero-order chi connectivity index (χ0) is 25.5. The molecule has 0 bridgehead atoms. The normalized spacial score (nSPS) is 19.1. The summed E-state index contributed by atoms with van der Waals surface area (Å²) in [4.78, 5) is 6.68. The minimum Gasteiger partial charge on any atom is -0.380 e. The molecule has 2 aromatic heterocycles. The number of aromatic nitrogens is 4. The first kappa shape index (κ1) is 24.8. The van der Waals surface area contributed by atoms with E-state index in [1.54, 1.807) is 0 Å². The zero-order valence-electron chi connectivity index (χ0n) is 18.2. The van der Waals surface area contributed by atoms with Crippen LogP contribution in [0.1, 0.15) is 30.7 Å². The number of nitrogens with two attached hydrogens (primary N) is 1. The molecule has 15 heteroatoms. The van der Waals surface area contributed by atoms with Gasteiger partial charge < -0.3 is 10.5 Å². The summed E-state index contributed by atoms with van der Waals surface area (Å²) in [6.07, 6.45) is -3.01. The number of ether oxygens (including phenoxy) is 1. The van der Waals surface area contributed by atoms with Gasteiger partial charge in [-0.25, -0.2) is 32.0 Å². The molecule has 3 aromatic rings. The Morgan fingerprint density at radius 2 is 2.09 bits per heavy atom. The summed E-state index contributed by atoms with van der Waals surface area (Å²) in [6.45, 7) is 1.38. The molecule has 1 fully saturated rings. The maximum atomic E-state index is 14.8. The van der Waals surface area contributed by atoms with Crippen molar-refractivity contribution in [2.75, 3.05) is 12.3 Å². The second kappa shape index (κ2) is 9.02. The molecular formula is C20H19F4N7O3S. The fourth-order valence-corrected chi connectivity index (χ4v) is 5.02. The van der Waals surface area contributed by atoms with Gasteiger partial charge in [0.2, 0.25) is 10.0 Å². The Morgan fingerprint density at radius 1 is 1.34 bits per heavy atom. The third-order valence-electron chi connectivity index (χ3n) is 5.56. The van der Waals surface area contributed by atoms with Crippen LogP contribution in [-0.4, -0.2) is 46.8 Å². The fourth-order valence-electron chi connectivity index (χ4n) is 3.73. The number of nitrogens with one attached hydrogen (secondary N) is 1. The van der Waals surface area contributed by atoms with Crippen LogP contribution in [0.3, 0.4) is 0 Å². The van der Waals surface area contributed by atoms with Crippen molar-refractivity contribution in [3.63, 3.8) is 0 Å². The lowest BCUT2D eigenvalue weighted by molar-refractivity contribution is -0.145. The van der Waals surface area contributed by atoms with Crippen LogP contribution in [0.2, 0.25) is 0 Å². The Balaban J connectivity index is 1.72. The number of sulfonamides is 1. The van der Waals surface area contributed by atoms with Crippen molar-refractivity contribution in [3.05, 3.63) is 35.5 Å². The number of fused-ring (bicyclic) bond motifs is 1. The van der Waals surface area contributed by atoms with Gasteiger partial charge in [0, 0.05) is 11.6 Å². The molecule has 3 heterocycles. The Kier molecular flexibility index (Phi) is 6.38. The lowest BCUT2D eigenvalue weighted by Crippen LogP contribution is -2.42. The largest absolute Gasteiger partial charge is 0.453 e. The third-order valence-corrected chi connectivity index (χ3v) is 7.06. The van der Waals surface area contributed by atoms with E-state index in [0.29, 0.717) is 12.8 Å². The van der Waals surface area contributed by atoms with Gasteiger partial charge in [-0.2, -0.15) is 18.4 Å². The molecule has 0 unspecified atom stereocenters. The van der Waals surface area contributed by atoms with Gasteiger partial charge in [-0.15, -0.1) is 5.10 Å². The molecule has 1 aliphatic rings. The number of nitriles is 1. The molecule has 0 radical (unpaired) electrons. The van der Waals surface area contributed by atoms with Crippen LogP contribution in [0, 0.1) is 24.1 Å². The summed E-state index contributed by atoms with van der Waals surface area (Å²) < 4.78 is 89.1. The van der Waals surface area contributed by atoms with Crippen molar-refractivity contribution < 1.29 is 30.7 Å². The van der Waals surface area contributed by atoms with E-state index >= 15 is 0 Å². The molecule has 10 nitrogen and oxygen atoms in total. The quantitative estimate of drug-likeness (QED) is 0.495. The summed E-state index contributed by atoms with van der Waals surface area (Å²) in [5.74, 6) is -2.98. The van der Waals surface area contributed by atoms with Gasteiger partial charge in [0.05, 0.1) is 42.0 Å². The highest BCUT2D eigenvalue weighted by Crippen LogP contribution is 2.32. The van der Waals surface area contributed by atoms with Gasteiger partial charge >= 0.3 is 6.18 Å². The molecule has 2 atom stereocenters. The summed E-state index contributed by atoms with van der Waals surface area (Å²) >= 11 is 0. The van der Waals surface area contributed by atoms with Crippen molar-refractivity contribution in [1.29, 1.82) is 5.26 Å². The predicted octanol–water partition coefficient (Wildman–Crippen LogP) is 2.58. The molecule has 0 amide bonds. The van der Waals surface area contributed by atoms with Crippen LogP contribution in [0.15, 0.2) is 23.2 Å². The van der Waals surface area contributed by atoms with E-state index in [1.807, 2.05) is 6.07 Å². The number of hydrogen-bond acceptors (Lipinski definition) is 8. The van der Waals surface area contributed by atoms with Crippen LogP contribution in [-0.2, 0) is 20.9 Å². The number of nitrogen functional groups attached to an aromatic ring is 1. The van der Waals surface area contributed by atoms with Crippen molar-refractivity contribution in [3.8, 4) is 17.3 Å². The van der Waals surface area contributed by atoms with Crippen LogP contribution >= 0.6 is 0 Å². The van der Waals surface area contributed by atoms with Crippen LogP contribution in [0.5, 0.6) is 0 Å². The van der Waals surface area contributed by atoms with E-state index in [0.717, 1.165) is 22.8 Å². The van der Waals surface area contributed by atoms with Crippen LogP contribution < -0.4 is 10.5 Å². The van der Waals surface area contributed by atoms with E-state index in [9.17, 15) is 26.0 Å². The fraction of sp³-hybridized carbons (Fsp3) is 0.400. The van der Waals surface area contributed by atoms with E-state index in [-0.39, 0.29) is 41.6 Å². The second-order valence-electron chi connectivity index (χ2n) is 7.99. The number of nitrogens with zero attached hydrogens (tertiary/aromatic N) is 5. The summed E-state index contributed by atoms with van der Waals surface area (Å²) in [7, 11) is -4.24. The smallest absolute Gasteiger partial charge is 0.380 e. The van der Waals surface area contributed by atoms with Crippen LogP contribution in [0.4, 0.5) is 23.4 Å². The highest BCUT2D eigenvalue weighted by atomic mass is 32.2. The average molecular weight is 513 g/mol. The first-order valence-corrected chi connectivity index (χ1v) is 11.8. The summed E-state index contributed by atoms with van der Waals surface area (Å²) in [5, 5.41) is 12.2. The lowest BCUT2D eigenvalue weighted by Gasteiger charge is -2.28. The standard InChI is InChI=1S/C20H19F4N7O3S/c1-10-14(16-8-27-18-17(26)28-19(20(22,23)24)29-31(16)18)6-13(7-15(10)21)35(32,33)30-11-2-3-12(4-5-25)34-9-11/h6-8,11-12,30H,2-4,9H2,1H3,(H2,26,28,29)/t11-,12+/m0/s1. The first-order chi connectivity index (χ1) is 16.4. The number of rotatable bonds is 5. The Hall–Kier alpha value is -3.35. The Bertz CT molecular complexity index is 1430. The second-order valence-corrected chi connectivity index (χ2v) is 9.70. The number of hydrogen-bond donors (Lipinski definition) is 2. The van der Waals surface area contributed by atoms with E-state index in [4.69, 9.17) is 15.7 Å². The van der Waals surface area contributed by atoms with E-state index in [1.165, 1.54) is 6.92 Å². The van der Waals surface area contributed by atoms with Crippen molar-refractivity contribution in [2.45, 2.75) is 49.4 Å². The van der Waals surface area contributed by atoms with Crippen molar-refractivity contribution >= 4 is 21.5 Å². The Labute approximate surface area is 196 Å². The molecule has 0 spiro atoms. The molecule has 3 N–H and O–H groups in total. The monoisotopic (exact) mass is 513 g/mol. The highest BCUT2D eigenvalue weighted by molar-refractivity contribution is 7.89. The van der Waals surface area contributed by atoms with Gasteiger partial charge in [-0.05, 0) is 37.5 Å². The Morgan fingerprint density at radius 3 is 2.71 bits per heavy atom. The van der Waals surface area contributed by atoms with Gasteiger partial charge in [-0.3, -0.25) is 0 Å². The van der Waals surface area contributed by atoms with Crippen molar-refractivity contribution in [2.24, 2.45) is 0 Å². The molecular weight excluding hydrogens is 494 g/mol. The highest BCUT2D eigenvalue weighted by Gasteiger charge is 2.36. The van der Waals surface area contributed by atoms with Gasteiger partial charge in [0.15, 0.2) is 11.5 Å². The zero-order valence-corrected chi connectivity index (χ0v) is 19.0. The molecule has 186 valence electrons. The van der Waals surface area contributed by atoms with E-state index < -0.39 is 44.6 Å². The number of halogens is 4. The van der Waals surface area contributed by atoms with Gasteiger partial charge in [0.1, 0.15) is 5.82 Å². The number of imidazole rings is 1. The minimum atomic E-state index is -4.91.